The van der Waals surface area contributed by atoms with Crippen molar-refractivity contribution in [1.29, 1.82) is 0 Å². The van der Waals surface area contributed by atoms with Crippen LogP contribution in [0, 0.1) is 11.8 Å². The Bertz CT molecular complexity index is 172. The van der Waals surface area contributed by atoms with Crippen LogP contribution in [0.1, 0.15) is 27.7 Å². The number of alkyl halides is 2. The maximum Gasteiger partial charge on any atom is 0.251 e. The summed E-state index contributed by atoms with van der Waals surface area (Å²) in [6, 6.07) is 0.174. The summed E-state index contributed by atoms with van der Waals surface area (Å²) in [5.41, 5.74) is 0. The largest absolute Gasteiger partial charge is 0.315 e. The molecule has 0 fully saturated rings. The summed E-state index contributed by atoms with van der Waals surface area (Å²) in [6.07, 6.45) is -2.25. The van der Waals surface area contributed by atoms with Crippen molar-refractivity contribution in [3.8, 4) is 0 Å². The highest BCUT2D eigenvalue weighted by Gasteiger charge is 2.20. The quantitative estimate of drug-likeness (QED) is 0.696. The molecular formula is C12H26F2N2. The molecule has 0 saturated carbocycles. The molecule has 0 aromatic heterocycles. The summed E-state index contributed by atoms with van der Waals surface area (Å²) in [7, 11) is 1.77. The SMILES string of the molecule is CC(C)CNCC(C(C)C)N(C)CC(F)F. The molecule has 1 N–H and O–H groups in total. The van der Waals surface area contributed by atoms with E-state index in [1.165, 1.54) is 0 Å². The predicted molar refractivity (Wildman–Crippen MR) is 65.0 cm³/mol. The van der Waals surface area contributed by atoms with Gasteiger partial charge in [0.15, 0.2) is 0 Å². The highest BCUT2D eigenvalue weighted by Crippen LogP contribution is 2.10. The second-order valence-corrected chi connectivity index (χ2v) is 5.19. The molecule has 0 aliphatic rings. The van der Waals surface area contributed by atoms with E-state index < -0.39 is 6.43 Å². The van der Waals surface area contributed by atoms with Crippen molar-refractivity contribution in [2.75, 3.05) is 26.7 Å². The van der Waals surface area contributed by atoms with Crippen LogP contribution in [0.3, 0.4) is 0 Å². The summed E-state index contributed by atoms with van der Waals surface area (Å²) < 4.78 is 24.6. The Morgan fingerprint density at radius 2 is 1.62 bits per heavy atom. The number of nitrogens with zero attached hydrogens (tertiary/aromatic N) is 1. The molecule has 0 radical (unpaired) electrons. The van der Waals surface area contributed by atoms with Gasteiger partial charge in [-0.05, 0) is 25.4 Å². The fraction of sp³-hybridized carbons (Fsp3) is 1.00. The average Bonchev–Trinajstić information content (AvgIpc) is 2.09. The summed E-state index contributed by atoms with van der Waals surface area (Å²) in [6.45, 7) is 9.99. The minimum absolute atomic E-state index is 0.147. The molecule has 0 spiro atoms. The lowest BCUT2D eigenvalue weighted by Crippen LogP contribution is -2.45. The first-order chi connectivity index (χ1) is 7.34. The van der Waals surface area contributed by atoms with Gasteiger partial charge in [-0.2, -0.15) is 0 Å². The first kappa shape index (κ1) is 15.8. The number of likely N-dealkylation sites (N-methyl/N-ethyl adjacent to an activating group) is 1. The Morgan fingerprint density at radius 3 is 2.00 bits per heavy atom. The van der Waals surface area contributed by atoms with Gasteiger partial charge in [0, 0.05) is 12.6 Å². The molecule has 0 rings (SSSR count). The zero-order valence-electron chi connectivity index (χ0n) is 11.1. The van der Waals surface area contributed by atoms with Crippen molar-refractivity contribution >= 4 is 0 Å². The molecule has 0 aliphatic carbocycles. The predicted octanol–water partition coefficient (Wildman–Crippen LogP) is 2.45. The Hall–Kier alpha value is -0.220. The Kier molecular flexibility index (Phi) is 7.85. The first-order valence-electron chi connectivity index (χ1n) is 6.03. The molecule has 0 amide bonds. The topological polar surface area (TPSA) is 15.3 Å². The lowest BCUT2D eigenvalue weighted by Gasteiger charge is -2.31. The molecule has 0 bridgehead atoms. The third-order valence-electron chi connectivity index (χ3n) is 2.67. The van der Waals surface area contributed by atoms with Crippen molar-refractivity contribution in [3.05, 3.63) is 0 Å². The van der Waals surface area contributed by atoms with E-state index in [0.717, 1.165) is 13.1 Å². The summed E-state index contributed by atoms with van der Waals surface area (Å²) in [5.74, 6) is 0.969. The minimum atomic E-state index is -2.25. The smallest absolute Gasteiger partial charge is 0.251 e. The molecule has 0 aromatic carbocycles. The normalized spacial score (nSPS) is 14.4. The van der Waals surface area contributed by atoms with Gasteiger partial charge in [-0.1, -0.05) is 27.7 Å². The maximum atomic E-state index is 12.3. The van der Waals surface area contributed by atoms with E-state index in [2.05, 4.69) is 33.0 Å². The number of hydrogen-bond donors (Lipinski definition) is 1. The van der Waals surface area contributed by atoms with Crippen LogP contribution in [0.4, 0.5) is 8.78 Å². The molecule has 0 heterocycles. The van der Waals surface area contributed by atoms with Crippen LogP contribution in [-0.4, -0.2) is 44.0 Å². The molecule has 1 unspecified atom stereocenters. The standard InChI is InChI=1S/C12H26F2N2/c1-9(2)6-15-7-11(10(3)4)16(5)8-12(13)14/h9-12,15H,6-8H2,1-5H3. The third kappa shape index (κ3) is 7.12. The monoisotopic (exact) mass is 236 g/mol. The molecule has 98 valence electrons. The van der Waals surface area contributed by atoms with Crippen LogP contribution in [0.25, 0.3) is 0 Å². The number of halogens is 2. The van der Waals surface area contributed by atoms with Crippen molar-refractivity contribution in [1.82, 2.24) is 10.2 Å². The van der Waals surface area contributed by atoms with Crippen molar-refractivity contribution in [3.63, 3.8) is 0 Å². The van der Waals surface area contributed by atoms with E-state index in [-0.39, 0.29) is 12.6 Å². The van der Waals surface area contributed by atoms with E-state index >= 15 is 0 Å². The van der Waals surface area contributed by atoms with E-state index in [1.54, 1.807) is 11.9 Å². The molecular weight excluding hydrogens is 210 g/mol. The van der Waals surface area contributed by atoms with E-state index in [1.807, 2.05) is 0 Å². The van der Waals surface area contributed by atoms with E-state index in [9.17, 15) is 8.78 Å². The van der Waals surface area contributed by atoms with Gasteiger partial charge in [0.25, 0.3) is 6.43 Å². The van der Waals surface area contributed by atoms with Gasteiger partial charge >= 0.3 is 0 Å². The van der Waals surface area contributed by atoms with E-state index in [4.69, 9.17) is 0 Å². The van der Waals surface area contributed by atoms with Crippen LogP contribution >= 0.6 is 0 Å². The Labute approximate surface area is 98.4 Å². The van der Waals surface area contributed by atoms with E-state index in [0.29, 0.717) is 11.8 Å². The van der Waals surface area contributed by atoms with Crippen LogP contribution in [0.2, 0.25) is 0 Å². The van der Waals surface area contributed by atoms with Crippen molar-refractivity contribution < 1.29 is 8.78 Å². The maximum absolute atomic E-state index is 12.3. The van der Waals surface area contributed by atoms with Gasteiger partial charge in [-0.15, -0.1) is 0 Å². The van der Waals surface area contributed by atoms with Gasteiger partial charge in [0.05, 0.1) is 6.54 Å². The Morgan fingerprint density at radius 1 is 1.06 bits per heavy atom. The number of rotatable bonds is 8. The molecule has 4 heteroatoms. The van der Waals surface area contributed by atoms with Gasteiger partial charge < -0.3 is 5.32 Å². The summed E-state index contributed by atoms with van der Waals surface area (Å²) in [4.78, 5) is 1.75. The fourth-order valence-electron chi connectivity index (χ4n) is 1.77. The zero-order valence-corrected chi connectivity index (χ0v) is 11.1. The zero-order chi connectivity index (χ0) is 12.7. The van der Waals surface area contributed by atoms with Crippen LogP contribution in [0.15, 0.2) is 0 Å². The van der Waals surface area contributed by atoms with Crippen molar-refractivity contribution in [2.45, 2.75) is 40.2 Å². The van der Waals surface area contributed by atoms with Crippen LogP contribution in [0.5, 0.6) is 0 Å². The van der Waals surface area contributed by atoms with Crippen LogP contribution in [-0.2, 0) is 0 Å². The van der Waals surface area contributed by atoms with Crippen LogP contribution < -0.4 is 5.32 Å². The molecule has 2 nitrogen and oxygen atoms in total. The van der Waals surface area contributed by atoms with Crippen molar-refractivity contribution in [2.24, 2.45) is 11.8 Å². The average molecular weight is 236 g/mol. The fourth-order valence-corrected chi connectivity index (χ4v) is 1.77. The lowest BCUT2D eigenvalue weighted by atomic mass is 10.0. The lowest BCUT2D eigenvalue weighted by molar-refractivity contribution is 0.0685. The number of hydrogen-bond acceptors (Lipinski definition) is 2. The highest BCUT2D eigenvalue weighted by atomic mass is 19.3. The van der Waals surface area contributed by atoms with Gasteiger partial charge in [0.1, 0.15) is 0 Å². The molecule has 0 saturated heterocycles. The third-order valence-corrected chi connectivity index (χ3v) is 2.67. The van der Waals surface area contributed by atoms with Gasteiger partial charge in [0.2, 0.25) is 0 Å². The summed E-state index contributed by atoms with van der Waals surface area (Å²) in [5, 5.41) is 3.33. The molecule has 16 heavy (non-hydrogen) atoms. The molecule has 1 atom stereocenters. The second kappa shape index (κ2) is 7.96. The Balaban J connectivity index is 4.05. The second-order valence-electron chi connectivity index (χ2n) is 5.19. The van der Waals surface area contributed by atoms with Gasteiger partial charge in [-0.3, -0.25) is 4.90 Å². The number of nitrogens with one attached hydrogen (secondary N) is 1. The highest BCUT2D eigenvalue weighted by molar-refractivity contribution is 4.75. The van der Waals surface area contributed by atoms with Gasteiger partial charge in [-0.25, -0.2) is 8.78 Å². The first-order valence-corrected chi connectivity index (χ1v) is 6.03. The molecule has 0 aliphatic heterocycles. The summed E-state index contributed by atoms with van der Waals surface area (Å²) >= 11 is 0. The minimum Gasteiger partial charge on any atom is -0.315 e. The molecule has 0 aromatic rings.